The average Bonchev–Trinajstić information content (AvgIpc) is 2.41. The van der Waals surface area contributed by atoms with Crippen LogP contribution in [0.5, 0.6) is 0 Å². The largest absolute Gasteiger partial charge is 0.481 e. The molecule has 2 unspecified atom stereocenters. The molecular formula is C13H23NO3. The van der Waals surface area contributed by atoms with Crippen molar-refractivity contribution < 1.29 is 14.7 Å². The minimum Gasteiger partial charge on any atom is -0.481 e. The van der Waals surface area contributed by atoms with Crippen molar-refractivity contribution in [2.24, 2.45) is 11.3 Å². The summed E-state index contributed by atoms with van der Waals surface area (Å²) in [5.74, 6) is -1.27. The van der Waals surface area contributed by atoms with Crippen molar-refractivity contribution in [2.45, 2.75) is 58.9 Å². The number of amides is 1. The fourth-order valence-electron chi connectivity index (χ4n) is 2.16. The first-order valence-electron chi connectivity index (χ1n) is 6.36. The van der Waals surface area contributed by atoms with Crippen LogP contribution in [0.4, 0.5) is 0 Å². The van der Waals surface area contributed by atoms with Crippen LogP contribution in [0.15, 0.2) is 0 Å². The van der Waals surface area contributed by atoms with E-state index in [1.807, 2.05) is 20.8 Å². The van der Waals surface area contributed by atoms with Crippen molar-refractivity contribution in [2.75, 3.05) is 0 Å². The summed E-state index contributed by atoms with van der Waals surface area (Å²) >= 11 is 0. The average molecular weight is 241 g/mol. The van der Waals surface area contributed by atoms with Crippen LogP contribution in [0, 0.1) is 11.3 Å². The molecule has 4 nitrogen and oxygen atoms in total. The standard InChI is InChI=1S/C13H23NO3/c1-13(2,3)12(17)14-10-8-6-4-5-7-9(10)11(15)16/h9-10H,4-8H2,1-3H3,(H,14,17)(H,15,16). The van der Waals surface area contributed by atoms with Gasteiger partial charge >= 0.3 is 5.97 Å². The molecule has 1 aliphatic rings. The first kappa shape index (κ1) is 14.0. The Morgan fingerprint density at radius 3 is 2.24 bits per heavy atom. The Kier molecular flexibility index (Phi) is 4.54. The predicted molar refractivity (Wildman–Crippen MR) is 65.6 cm³/mol. The second-order valence-electron chi connectivity index (χ2n) is 5.91. The Bertz CT molecular complexity index is 294. The minimum absolute atomic E-state index is 0.0596. The van der Waals surface area contributed by atoms with Crippen LogP contribution in [-0.4, -0.2) is 23.0 Å². The molecule has 98 valence electrons. The molecule has 2 N–H and O–H groups in total. The number of rotatable bonds is 2. The van der Waals surface area contributed by atoms with Crippen LogP contribution >= 0.6 is 0 Å². The maximum absolute atomic E-state index is 11.9. The fraction of sp³-hybridized carbons (Fsp3) is 0.846. The van der Waals surface area contributed by atoms with Gasteiger partial charge in [0, 0.05) is 11.5 Å². The lowest BCUT2D eigenvalue weighted by atomic mass is 9.91. The van der Waals surface area contributed by atoms with Crippen molar-refractivity contribution in [1.29, 1.82) is 0 Å². The second-order valence-corrected chi connectivity index (χ2v) is 5.91. The van der Waals surface area contributed by atoms with Crippen molar-refractivity contribution in [3.63, 3.8) is 0 Å². The van der Waals surface area contributed by atoms with Crippen LogP contribution in [-0.2, 0) is 9.59 Å². The van der Waals surface area contributed by atoms with Gasteiger partial charge in [0.2, 0.25) is 5.91 Å². The molecule has 0 aromatic carbocycles. The molecule has 2 atom stereocenters. The predicted octanol–water partition coefficient (Wildman–Crippen LogP) is 2.18. The summed E-state index contributed by atoms with van der Waals surface area (Å²) in [7, 11) is 0. The lowest BCUT2D eigenvalue weighted by molar-refractivity contribution is -0.143. The maximum atomic E-state index is 11.9. The van der Waals surface area contributed by atoms with Gasteiger partial charge in [-0.2, -0.15) is 0 Å². The first-order valence-corrected chi connectivity index (χ1v) is 6.36. The van der Waals surface area contributed by atoms with Crippen molar-refractivity contribution in [3.05, 3.63) is 0 Å². The number of nitrogens with one attached hydrogen (secondary N) is 1. The fourth-order valence-corrected chi connectivity index (χ4v) is 2.16. The molecule has 0 heterocycles. The molecule has 1 aliphatic carbocycles. The van der Waals surface area contributed by atoms with E-state index in [9.17, 15) is 14.7 Å². The quantitative estimate of drug-likeness (QED) is 0.728. The van der Waals surface area contributed by atoms with Crippen molar-refractivity contribution in [3.8, 4) is 0 Å². The molecule has 1 saturated carbocycles. The van der Waals surface area contributed by atoms with Crippen LogP contribution in [0.1, 0.15) is 52.9 Å². The molecule has 17 heavy (non-hydrogen) atoms. The third kappa shape index (κ3) is 4.02. The molecule has 0 spiro atoms. The highest BCUT2D eigenvalue weighted by molar-refractivity contribution is 5.82. The summed E-state index contributed by atoms with van der Waals surface area (Å²) < 4.78 is 0. The van der Waals surface area contributed by atoms with Gasteiger partial charge in [-0.05, 0) is 12.8 Å². The smallest absolute Gasteiger partial charge is 0.308 e. The molecule has 0 aliphatic heterocycles. The van der Waals surface area contributed by atoms with Gasteiger partial charge in [0.05, 0.1) is 5.92 Å². The Balaban J connectivity index is 2.70. The van der Waals surface area contributed by atoms with Gasteiger partial charge in [0.1, 0.15) is 0 Å². The maximum Gasteiger partial charge on any atom is 0.308 e. The van der Waals surface area contributed by atoms with Gasteiger partial charge in [-0.1, -0.05) is 40.0 Å². The van der Waals surface area contributed by atoms with Crippen molar-refractivity contribution >= 4 is 11.9 Å². The lowest BCUT2D eigenvalue weighted by Crippen LogP contribution is -2.46. The van der Waals surface area contributed by atoms with E-state index in [1.54, 1.807) is 0 Å². The van der Waals surface area contributed by atoms with E-state index in [2.05, 4.69) is 5.32 Å². The Morgan fingerprint density at radius 2 is 1.71 bits per heavy atom. The van der Waals surface area contributed by atoms with Crippen LogP contribution in [0.25, 0.3) is 0 Å². The molecule has 0 aromatic heterocycles. The summed E-state index contributed by atoms with van der Waals surface area (Å²) in [5.41, 5.74) is -0.463. The van der Waals surface area contributed by atoms with E-state index in [0.717, 1.165) is 25.7 Å². The van der Waals surface area contributed by atoms with E-state index in [0.29, 0.717) is 6.42 Å². The molecular weight excluding hydrogens is 218 g/mol. The molecule has 4 heteroatoms. The van der Waals surface area contributed by atoms with Gasteiger partial charge in [0.25, 0.3) is 0 Å². The summed E-state index contributed by atoms with van der Waals surface area (Å²) in [6.07, 6.45) is 4.45. The highest BCUT2D eigenvalue weighted by Crippen LogP contribution is 2.25. The molecule has 0 bridgehead atoms. The zero-order chi connectivity index (χ0) is 13.1. The van der Waals surface area contributed by atoms with Crippen LogP contribution < -0.4 is 5.32 Å². The van der Waals surface area contributed by atoms with Crippen LogP contribution in [0.2, 0.25) is 0 Å². The highest BCUT2D eigenvalue weighted by atomic mass is 16.4. The number of carbonyl (C=O) groups is 2. The Labute approximate surface area is 103 Å². The number of hydrogen-bond acceptors (Lipinski definition) is 2. The molecule has 0 saturated heterocycles. The minimum atomic E-state index is -0.786. The monoisotopic (exact) mass is 241 g/mol. The van der Waals surface area contributed by atoms with Gasteiger partial charge in [-0.15, -0.1) is 0 Å². The Morgan fingerprint density at radius 1 is 1.12 bits per heavy atom. The van der Waals surface area contributed by atoms with E-state index in [-0.39, 0.29) is 11.9 Å². The summed E-state index contributed by atoms with van der Waals surface area (Å²) in [6.45, 7) is 5.53. The second kappa shape index (κ2) is 5.52. The summed E-state index contributed by atoms with van der Waals surface area (Å²) in [5, 5.41) is 12.1. The molecule has 1 amide bonds. The van der Waals surface area contributed by atoms with Gasteiger partial charge < -0.3 is 10.4 Å². The van der Waals surface area contributed by atoms with E-state index in [4.69, 9.17) is 0 Å². The lowest BCUT2D eigenvalue weighted by Gasteiger charge is -2.27. The summed E-state index contributed by atoms with van der Waals surface area (Å²) in [4.78, 5) is 23.1. The number of carboxylic acid groups (broad SMARTS) is 1. The highest BCUT2D eigenvalue weighted by Gasteiger charge is 2.33. The van der Waals surface area contributed by atoms with Gasteiger partial charge in [-0.25, -0.2) is 0 Å². The number of aliphatic carboxylic acids is 1. The van der Waals surface area contributed by atoms with E-state index >= 15 is 0 Å². The topological polar surface area (TPSA) is 66.4 Å². The van der Waals surface area contributed by atoms with Gasteiger partial charge in [-0.3, -0.25) is 9.59 Å². The van der Waals surface area contributed by atoms with Crippen molar-refractivity contribution in [1.82, 2.24) is 5.32 Å². The molecule has 1 fully saturated rings. The summed E-state index contributed by atoms with van der Waals surface area (Å²) in [6, 6.07) is -0.207. The SMILES string of the molecule is CC(C)(C)C(=O)NC1CCCCCC1C(=O)O. The van der Waals surface area contributed by atoms with Gasteiger partial charge in [0.15, 0.2) is 0 Å². The number of carbonyl (C=O) groups excluding carboxylic acids is 1. The number of hydrogen-bond donors (Lipinski definition) is 2. The normalized spacial score (nSPS) is 26.1. The number of carboxylic acids is 1. The van der Waals surface area contributed by atoms with E-state index in [1.165, 1.54) is 0 Å². The zero-order valence-electron chi connectivity index (χ0n) is 11.0. The van der Waals surface area contributed by atoms with Crippen LogP contribution in [0.3, 0.4) is 0 Å². The molecule has 0 radical (unpaired) electrons. The zero-order valence-corrected chi connectivity index (χ0v) is 11.0. The molecule has 0 aromatic rings. The molecule has 1 rings (SSSR count). The first-order chi connectivity index (χ1) is 7.82. The third-order valence-electron chi connectivity index (χ3n) is 3.33. The third-order valence-corrected chi connectivity index (χ3v) is 3.33. The Hall–Kier alpha value is -1.06. The van der Waals surface area contributed by atoms with E-state index < -0.39 is 17.3 Å².